The highest BCUT2D eigenvalue weighted by Gasteiger charge is 2.17. The first-order valence-electron chi connectivity index (χ1n) is 8.76. The minimum Gasteiger partial charge on any atom is -0.496 e. The molecule has 0 aliphatic heterocycles. The van der Waals surface area contributed by atoms with Crippen LogP contribution in [0.2, 0.25) is 0 Å². The summed E-state index contributed by atoms with van der Waals surface area (Å²) >= 11 is 0. The summed E-state index contributed by atoms with van der Waals surface area (Å²) in [4.78, 5) is 14.2. The van der Waals surface area contributed by atoms with Crippen LogP contribution >= 0.6 is 0 Å². The van der Waals surface area contributed by atoms with E-state index in [4.69, 9.17) is 9.47 Å². The van der Waals surface area contributed by atoms with Gasteiger partial charge in [0.15, 0.2) is 0 Å². The summed E-state index contributed by atoms with van der Waals surface area (Å²) in [5.41, 5.74) is 1.04. The van der Waals surface area contributed by atoms with Gasteiger partial charge >= 0.3 is 0 Å². The van der Waals surface area contributed by atoms with E-state index in [9.17, 15) is 9.18 Å². The van der Waals surface area contributed by atoms with Crippen LogP contribution in [0.3, 0.4) is 0 Å². The van der Waals surface area contributed by atoms with Crippen LogP contribution in [0.4, 0.5) is 4.39 Å². The van der Waals surface area contributed by atoms with Crippen molar-refractivity contribution in [3.8, 4) is 11.5 Å². The number of methoxy groups -OCH3 is 1. The van der Waals surface area contributed by atoms with Crippen LogP contribution in [0, 0.1) is 5.82 Å². The molecular weight excluding hydrogens is 333 g/mol. The van der Waals surface area contributed by atoms with E-state index in [1.807, 2.05) is 31.2 Å². The van der Waals surface area contributed by atoms with Crippen molar-refractivity contribution < 1.29 is 18.7 Å². The first-order chi connectivity index (χ1) is 12.5. The summed E-state index contributed by atoms with van der Waals surface area (Å²) in [6.07, 6.45) is 1.14. The summed E-state index contributed by atoms with van der Waals surface area (Å²) in [7, 11) is 3.44. The van der Waals surface area contributed by atoms with Crippen LogP contribution in [0.1, 0.15) is 31.2 Å². The standard InChI is InChI=1S/C21H26FNO3/c1-16(19-7-4-5-8-20(19)25-3)15-21(24)23(2)13-6-14-26-18-11-9-17(22)10-12-18/h4-5,7-12,16H,6,13-15H2,1-3H3. The molecule has 0 saturated carbocycles. The van der Waals surface area contributed by atoms with Crippen LogP contribution in [-0.4, -0.2) is 38.1 Å². The molecule has 1 unspecified atom stereocenters. The fourth-order valence-electron chi connectivity index (χ4n) is 2.75. The van der Waals surface area contributed by atoms with Gasteiger partial charge in [-0.2, -0.15) is 0 Å². The number of carbonyl (C=O) groups is 1. The lowest BCUT2D eigenvalue weighted by Crippen LogP contribution is -2.29. The molecule has 26 heavy (non-hydrogen) atoms. The second kappa shape index (κ2) is 9.80. The van der Waals surface area contributed by atoms with Crippen LogP contribution in [0.15, 0.2) is 48.5 Å². The monoisotopic (exact) mass is 359 g/mol. The van der Waals surface area contributed by atoms with Crippen molar-refractivity contribution in [2.75, 3.05) is 27.3 Å². The molecule has 0 spiro atoms. The topological polar surface area (TPSA) is 38.8 Å². The Balaban J connectivity index is 1.75. The van der Waals surface area contributed by atoms with Gasteiger partial charge in [-0.1, -0.05) is 25.1 Å². The lowest BCUT2D eigenvalue weighted by Gasteiger charge is -2.21. The van der Waals surface area contributed by atoms with Gasteiger partial charge in [0.05, 0.1) is 13.7 Å². The number of hydrogen-bond acceptors (Lipinski definition) is 3. The van der Waals surface area contributed by atoms with E-state index in [0.717, 1.165) is 11.3 Å². The van der Waals surface area contributed by atoms with E-state index in [2.05, 4.69) is 0 Å². The number of benzene rings is 2. The number of carbonyl (C=O) groups excluding carboxylic acids is 1. The summed E-state index contributed by atoms with van der Waals surface area (Å²) in [6.45, 7) is 3.12. The van der Waals surface area contributed by atoms with Gasteiger partial charge in [-0.3, -0.25) is 4.79 Å². The number of ether oxygens (including phenoxy) is 2. The Bertz CT molecular complexity index is 703. The first kappa shape index (κ1) is 19.8. The average Bonchev–Trinajstić information content (AvgIpc) is 2.66. The molecule has 1 atom stereocenters. The minimum atomic E-state index is -0.285. The minimum absolute atomic E-state index is 0.0802. The van der Waals surface area contributed by atoms with Gasteiger partial charge in [0, 0.05) is 20.0 Å². The van der Waals surface area contributed by atoms with E-state index >= 15 is 0 Å². The lowest BCUT2D eigenvalue weighted by molar-refractivity contribution is -0.130. The molecule has 0 heterocycles. The fourth-order valence-corrected chi connectivity index (χ4v) is 2.75. The van der Waals surface area contributed by atoms with Crippen molar-refractivity contribution in [2.45, 2.75) is 25.7 Å². The third-order valence-corrected chi connectivity index (χ3v) is 4.30. The quantitative estimate of drug-likeness (QED) is 0.628. The van der Waals surface area contributed by atoms with Gasteiger partial charge in [-0.15, -0.1) is 0 Å². The Morgan fingerprint density at radius 3 is 2.54 bits per heavy atom. The predicted octanol–water partition coefficient (Wildman–Crippen LogP) is 4.26. The van der Waals surface area contributed by atoms with E-state index in [-0.39, 0.29) is 17.6 Å². The Labute approximate surface area is 154 Å². The maximum atomic E-state index is 12.8. The van der Waals surface area contributed by atoms with Gasteiger partial charge in [0.25, 0.3) is 0 Å². The second-order valence-corrected chi connectivity index (χ2v) is 6.32. The Morgan fingerprint density at radius 2 is 1.85 bits per heavy atom. The zero-order valence-electron chi connectivity index (χ0n) is 15.6. The highest BCUT2D eigenvalue weighted by atomic mass is 19.1. The van der Waals surface area contributed by atoms with Crippen molar-refractivity contribution in [2.24, 2.45) is 0 Å². The summed E-state index contributed by atoms with van der Waals surface area (Å²) in [6, 6.07) is 13.7. The van der Waals surface area contributed by atoms with Crippen LogP contribution in [0.5, 0.6) is 11.5 Å². The van der Waals surface area contributed by atoms with E-state index < -0.39 is 0 Å². The molecule has 0 fully saturated rings. The fraction of sp³-hybridized carbons (Fsp3) is 0.381. The van der Waals surface area contributed by atoms with E-state index in [1.54, 1.807) is 31.2 Å². The van der Waals surface area contributed by atoms with Crippen molar-refractivity contribution in [1.29, 1.82) is 0 Å². The number of hydrogen-bond donors (Lipinski definition) is 0. The van der Waals surface area contributed by atoms with Crippen molar-refractivity contribution >= 4 is 5.91 Å². The van der Waals surface area contributed by atoms with Crippen LogP contribution in [0.25, 0.3) is 0 Å². The molecule has 0 aromatic heterocycles. The Kier molecular flexibility index (Phi) is 7.45. The maximum Gasteiger partial charge on any atom is 0.222 e. The number of para-hydroxylation sites is 1. The molecule has 0 radical (unpaired) electrons. The zero-order chi connectivity index (χ0) is 18.9. The third-order valence-electron chi connectivity index (χ3n) is 4.30. The lowest BCUT2D eigenvalue weighted by atomic mass is 9.96. The Hall–Kier alpha value is -2.56. The van der Waals surface area contributed by atoms with E-state index in [1.165, 1.54) is 12.1 Å². The molecule has 4 nitrogen and oxygen atoms in total. The number of nitrogens with zero attached hydrogens (tertiary/aromatic N) is 1. The van der Waals surface area contributed by atoms with Crippen LogP contribution < -0.4 is 9.47 Å². The van der Waals surface area contributed by atoms with E-state index in [0.29, 0.717) is 31.7 Å². The molecule has 2 aromatic rings. The van der Waals surface area contributed by atoms with Crippen molar-refractivity contribution in [1.82, 2.24) is 4.90 Å². The molecule has 0 saturated heterocycles. The smallest absolute Gasteiger partial charge is 0.222 e. The molecule has 1 amide bonds. The third kappa shape index (κ3) is 5.76. The zero-order valence-corrected chi connectivity index (χ0v) is 15.6. The second-order valence-electron chi connectivity index (χ2n) is 6.32. The molecule has 2 aromatic carbocycles. The van der Waals surface area contributed by atoms with Gasteiger partial charge in [-0.05, 0) is 48.2 Å². The van der Waals surface area contributed by atoms with Gasteiger partial charge in [0.2, 0.25) is 5.91 Å². The normalized spacial score (nSPS) is 11.7. The summed E-state index contributed by atoms with van der Waals surface area (Å²) in [5, 5.41) is 0. The molecule has 140 valence electrons. The number of amides is 1. The molecule has 0 aliphatic rings. The van der Waals surface area contributed by atoms with Gasteiger partial charge in [-0.25, -0.2) is 4.39 Å². The largest absolute Gasteiger partial charge is 0.496 e. The number of rotatable bonds is 9. The molecule has 2 rings (SSSR count). The van der Waals surface area contributed by atoms with Crippen LogP contribution in [-0.2, 0) is 4.79 Å². The highest BCUT2D eigenvalue weighted by Crippen LogP contribution is 2.28. The molecule has 0 N–H and O–H groups in total. The average molecular weight is 359 g/mol. The number of halogens is 1. The van der Waals surface area contributed by atoms with Crippen molar-refractivity contribution in [3.63, 3.8) is 0 Å². The molecule has 5 heteroatoms. The van der Waals surface area contributed by atoms with Crippen molar-refractivity contribution in [3.05, 3.63) is 59.9 Å². The molecular formula is C21H26FNO3. The molecule has 0 bridgehead atoms. The molecule has 0 aliphatic carbocycles. The predicted molar refractivity (Wildman–Crippen MR) is 100 cm³/mol. The summed E-state index contributed by atoms with van der Waals surface area (Å²) in [5.74, 6) is 1.32. The summed E-state index contributed by atoms with van der Waals surface area (Å²) < 4.78 is 23.8. The van der Waals surface area contributed by atoms with Gasteiger partial charge < -0.3 is 14.4 Å². The maximum absolute atomic E-state index is 12.8. The SMILES string of the molecule is COc1ccccc1C(C)CC(=O)N(C)CCCOc1ccc(F)cc1. The van der Waals surface area contributed by atoms with Gasteiger partial charge in [0.1, 0.15) is 17.3 Å². The Morgan fingerprint density at radius 1 is 1.15 bits per heavy atom. The first-order valence-corrected chi connectivity index (χ1v) is 8.76. The highest BCUT2D eigenvalue weighted by molar-refractivity contribution is 5.76.